The van der Waals surface area contributed by atoms with Crippen LogP contribution in [0.1, 0.15) is 21.3 Å². The van der Waals surface area contributed by atoms with Crippen LogP contribution in [0.4, 0.5) is 4.39 Å². The molecule has 0 amide bonds. The average Bonchev–Trinajstić information content (AvgIpc) is 2.26. The first-order chi connectivity index (χ1) is 7.56. The van der Waals surface area contributed by atoms with E-state index in [-0.39, 0.29) is 5.57 Å². The van der Waals surface area contributed by atoms with Crippen LogP contribution in [0, 0.1) is 5.82 Å². The molecule has 3 heteroatoms. The molecule has 0 radical (unpaired) electrons. The molecule has 0 aromatic heterocycles. The Labute approximate surface area is 80.5 Å². The van der Waals surface area contributed by atoms with Crippen LogP contribution < -0.4 is 0 Å². The molecule has 0 bridgehead atoms. The van der Waals surface area contributed by atoms with Crippen molar-refractivity contribution in [3.63, 3.8) is 0 Å². The molecule has 1 unspecified atom stereocenters. The van der Waals surface area contributed by atoms with Gasteiger partial charge in [0.05, 0.1) is 2.74 Å². The summed E-state index contributed by atoms with van der Waals surface area (Å²) in [7, 11) is 0. The number of benzene rings is 1. The Balaban J connectivity index is 3.03. The quantitative estimate of drug-likeness (QED) is 0.444. The van der Waals surface area contributed by atoms with Crippen molar-refractivity contribution in [2.45, 2.75) is 13.0 Å². The number of halogens is 1. The van der Waals surface area contributed by atoms with E-state index in [1.165, 1.54) is 31.2 Å². The van der Waals surface area contributed by atoms with E-state index in [0.29, 0.717) is 5.56 Å². The Hall–Kier alpha value is -1.19. The maximum atomic E-state index is 12.7. The van der Waals surface area contributed by atoms with Crippen LogP contribution in [0.3, 0.4) is 0 Å². The summed E-state index contributed by atoms with van der Waals surface area (Å²) in [6, 6.07) is 5.36. The summed E-state index contributed by atoms with van der Waals surface area (Å²) < 4.78 is 33.5. The van der Waals surface area contributed by atoms with Gasteiger partial charge in [-0.15, -0.1) is 0 Å². The highest BCUT2D eigenvalue weighted by atomic mass is 19.1. The molecule has 0 spiro atoms. The van der Waals surface area contributed by atoms with Crippen LogP contribution in [-0.2, 0) is 4.89 Å². The van der Waals surface area contributed by atoms with Gasteiger partial charge < -0.3 is 0 Å². The Morgan fingerprint density at radius 2 is 2.38 bits per heavy atom. The molecule has 0 fully saturated rings. The van der Waals surface area contributed by atoms with Gasteiger partial charge in [-0.3, -0.25) is 5.26 Å². The van der Waals surface area contributed by atoms with Crippen molar-refractivity contribution in [2.75, 3.05) is 0 Å². The summed E-state index contributed by atoms with van der Waals surface area (Å²) in [5.74, 6) is -0.395. The molecule has 0 aliphatic heterocycles. The number of hydrogen-bond donors (Lipinski definition) is 1. The van der Waals surface area contributed by atoms with Gasteiger partial charge in [-0.05, 0) is 30.2 Å². The van der Waals surface area contributed by atoms with Crippen molar-refractivity contribution in [2.24, 2.45) is 0 Å². The van der Waals surface area contributed by atoms with Crippen LogP contribution in [0.25, 0.3) is 1.43 Å². The lowest BCUT2D eigenvalue weighted by Gasteiger charge is -2.12. The van der Waals surface area contributed by atoms with Crippen LogP contribution in [0.2, 0.25) is 0 Å². The topological polar surface area (TPSA) is 29.5 Å². The molecule has 0 heterocycles. The average molecular weight is 185 g/mol. The molecular weight excluding hydrogens is 171 g/mol. The second-order valence-corrected chi connectivity index (χ2v) is 2.71. The SMILES string of the molecule is [2H]OOC(C(C)=C([2H])[2H])c1ccc(F)cc1. The highest BCUT2D eigenvalue weighted by Gasteiger charge is 2.12. The first kappa shape index (κ1) is 6.29. The monoisotopic (exact) mass is 185 g/mol. The van der Waals surface area contributed by atoms with E-state index in [9.17, 15) is 4.39 Å². The summed E-state index contributed by atoms with van der Waals surface area (Å²) in [6.07, 6.45) is -0.844. The Bertz CT molecular complexity index is 374. The summed E-state index contributed by atoms with van der Waals surface area (Å²) in [5, 5.41) is 3.82. The van der Waals surface area contributed by atoms with Gasteiger partial charge in [0.15, 0.2) is 0 Å². The zero-order chi connectivity index (χ0) is 12.1. The molecule has 1 N–H and O–H groups in total. The molecule has 1 rings (SSSR count). The van der Waals surface area contributed by atoms with Crippen molar-refractivity contribution in [3.05, 3.63) is 47.8 Å². The standard InChI is InChI=1S/C10H11FO2/c1-7(2)10(13-12)8-3-5-9(11)6-4-8/h3-6,10,12H,1H2,2H3/i1D2/hD. The lowest BCUT2D eigenvalue weighted by Crippen LogP contribution is -2.02. The van der Waals surface area contributed by atoms with Crippen LogP contribution in [-0.4, -0.2) is 5.26 Å². The van der Waals surface area contributed by atoms with E-state index < -0.39 is 18.5 Å². The van der Waals surface area contributed by atoms with Crippen molar-refractivity contribution < 1.29 is 17.3 Å². The third-order valence-electron chi connectivity index (χ3n) is 1.66. The molecule has 13 heavy (non-hydrogen) atoms. The second kappa shape index (κ2) is 4.16. The smallest absolute Gasteiger partial charge is 0.251 e. The van der Waals surface area contributed by atoms with Gasteiger partial charge in [0.25, 0.3) is 1.43 Å². The predicted molar refractivity (Wildman–Crippen MR) is 47.7 cm³/mol. The minimum absolute atomic E-state index is 0.277. The lowest BCUT2D eigenvalue weighted by molar-refractivity contribution is -0.271. The molecule has 0 saturated heterocycles. The first-order valence-corrected chi connectivity index (χ1v) is 3.74. The van der Waals surface area contributed by atoms with E-state index in [0.717, 1.165) is 0 Å². The van der Waals surface area contributed by atoms with Crippen LogP contribution in [0.5, 0.6) is 0 Å². The summed E-state index contributed by atoms with van der Waals surface area (Å²) in [4.78, 5) is 4.64. The fraction of sp³-hybridized carbons (Fsp3) is 0.200. The van der Waals surface area contributed by atoms with E-state index in [1.807, 2.05) is 0 Å². The van der Waals surface area contributed by atoms with Crippen LogP contribution >= 0.6 is 0 Å². The maximum Gasteiger partial charge on any atom is 0.255 e. The Morgan fingerprint density at radius 1 is 1.69 bits per heavy atom. The van der Waals surface area contributed by atoms with Crippen molar-refractivity contribution in [1.29, 1.82) is 1.43 Å². The van der Waals surface area contributed by atoms with Crippen molar-refractivity contribution in [3.8, 4) is 0 Å². The zero-order valence-electron chi connectivity index (χ0n) is 10.1. The largest absolute Gasteiger partial charge is 0.255 e. The summed E-state index contributed by atoms with van der Waals surface area (Å²) >= 11 is 0. The van der Waals surface area contributed by atoms with Gasteiger partial charge in [0, 0.05) is 0 Å². The third kappa shape index (κ3) is 2.37. The van der Waals surface area contributed by atoms with Gasteiger partial charge in [0.1, 0.15) is 11.9 Å². The normalized spacial score (nSPS) is 15.4. The van der Waals surface area contributed by atoms with Crippen LogP contribution in [0.15, 0.2) is 36.4 Å². The highest BCUT2D eigenvalue weighted by molar-refractivity contribution is 5.24. The second-order valence-electron chi connectivity index (χ2n) is 2.71. The molecule has 1 atom stereocenters. The molecule has 2 nitrogen and oxygen atoms in total. The van der Waals surface area contributed by atoms with E-state index in [1.54, 1.807) is 0 Å². The molecule has 0 aliphatic rings. The summed E-state index contributed by atoms with van der Waals surface area (Å²) in [6.45, 7) is 1.09. The minimum atomic E-state index is -0.844. The van der Waals surface area contributed by atoms with E-state index >= 15 is 0 Å². The first-order valence-electron chi connectivity index (χ1n) is 5.15. The van der Waals surface area contributed by atoms with Gasteiger partial charge >= 0.3 is 0 Å². The zero-order valence-corrected chi connectivity index (χ0v) is 7.08. The fourth-order valence-corrected chi connectivity index (χ4v) is 1.02. The Kier molecular flexibility index (Phi) is 2.01. The molecule has 1 aromatic carbocycles. The molecule has 1 aromatic rings. The van der Waals surface area contributed by atoms with Gasteiger partial charge in [-0.25, -0.2) is 9.28 Å². The van der Waals surface area contributed by atoms with E-state index in [4.69, 9.17) is 4.17 Å². The minimum Gasteiger partial charge on any atom is -0.251 e. The van der Waals surface area contributed by atoms with Crippen molar-refractivity contribution in [1.82, 2.24) is 0 Å². The number of hydrogen-bond acceptors (Lipinski definition) is 2. The van der Waals surface area contributed by atoms with Gasteiger partial charge in [-0.1, -0.05) is 18.7 Å². The van der Waals surface area contributed by atoms with Gasteiger partial charge in [0.2, 0.25) is 0 Å². The highest BCUT2D eigenvalue weighted by Crippen LogP contribution is 2.23. The molecular formula is C10H11FO2. The van der Waals surface area contributed by atoms with Crippen molar-refractivity contribution >= 4 is 0 Å². The number of rotatable bonds is 4. The molecule has 70 valence electrons. The fourth-order valence-electron chi connectivity index (χ4n) is 1.02. The summed E-state index contributed by atoms with van der Waals surface area (Å²) in [5.41, 5.74) is 0.794. The van der Waals surface area contributed by atoms with Gasteiger partial charge in [-0.2, -0.15) is 0 Å². The third-order valence-corrected chi connectivity index (χ3v) is 1.66. The predicted octanol–water partition coefficient (Wildman–Crippen LogP) is 2.93. The Morgan fingerprint density at radius 3 is 2.92 bits per heavy atom. The van der Waals surface area contributed by atoms with E-state index in [2.05, 4.69) is 10.1 Å². The molecule has 0 aliphatic carbocycles. The molecule has 0 saturated carbocycles. The lowest BCUT2D eigenvalue weighted by atomic mass is 10.0. The maximum absolute atomic E-state index is 12.7.